The van der Waals surface area contributed by atoms with Gasteiger partial charge < -0.3 is 10.2 Å². The number of halogens is 1. The molecule has 1 aliphatic heterocycles. The fraction of sp³-hybridized carbons (Fsp3) is 0.412. The molecule has 1 N–H and O–H groups in total. The Morgan fingerprint density at radius 1 is 1.19 bits per heavy atom. The monoisotopic (exact) mass is 395 g/mol. The van der Waals surface area contributed by atoms with Gasteiger partial charge in [-0.2, -0.15) is 4.31 Å². The molecule has 0 atom stereocenters. The van der Waals surface area contributed by atoms with Crippen LogP contribution in [0.1, 0.15) is 12.8 Å². The summed E-state index contributed by atoms with van der Waals surface area (Å²) in [6.07, 6.45) is 3.24. The van der Waals surface area contributed by atoms with Gasteiger partial charge in [-0.1, -0.05) is 0 Å². The highest BCUT2D eigenvalue weighted by atomic mass is 35.5. The molecule has 0 spiro atoms. The molecule has 0 saturated carbocycles. The fourth-order valence-corrected chi connectivity index (χ4v) is 4.55. The van der Waals surface area contributed by atoms with Crippen molar-refractivity contribution in [2.45, 2.75) is 23.8 Å². The van der Waals surface area contributed by atoms with Crippen LogP contribution in [0.25, 0.3) is 0 Å². The van der Waals surface area contributed by atoms with Gasteiger partial charge in [0.25, 0.3) is 0 Å². The number of piperidine rings is 1. The minimum absolute atomic E-state index is 0.0390. The highest BCUT2D eigenvalue weighted by molar-refractivity contribution is 7.89. The molecule has 0 amide bonds. The van der Waals surface area contributed by atoms with E-state index >= 15 is 0 Å². The van der Waals surface area contributed by atoms with Crippen LogP contribution in [0, 0.1) is 0 Å². The van der Waals surface area contributed by atoms with Crippen LogP contribution in [0.3, 0.4) is 0 Å². The van der Waals surface area contributed by atoms with Crippen molar-refractivity contribution in [3.63, 3.8) is 0 Å². The average molecular weight is 396 g/mol. The van der Waals surface area contributed by atoms with Crippen LogP contribution in [0.4, 0.5) is 11.5 Å². The Morgan fingerprint density at radius 2 is 1.85 bits per heavy atom. The summed E-state index contributed by atoms with van der Waals surface area (Å²) in [5, 5.41) is 3.22. The van der Waals surface area contributed by atoms with Crippen molar-refractivity contribution in [1.29, 1.82) is 0 Å². The smallest absolute Gasteiger partial charge is 0.243 e. The van der Waals surface area contributed by atoms with Crippen LogP contribution in [0.15, 0.2) is 41.4 Å². The zero-order valence-corrected chi connectivity index (χ0v) is 16.3. The van der Waals surface area contributed by atoms with E-state index in [1.54, 1.807) is 43.6 Å². The standard InChI is InChI=1S/C17H22ClN5O2S/c1-22-11-8-14(9-12-22)23(2)26(24,25)15-5-3-13(4-6-15)20-16-7-10-19-17(18)21-16/h3-7,10,14H,8-9,11-12H2,1-2H3,(H,19,20,21). The minimum Gasteiger partial charge on any atom is -0.340 e. The number of hydrogen-bond acceptors (Lipinski definition) is 6. The molecule has 1 fully saturated rings. The summed E-state index contributed by atoms with van der Waals surface area (Å²) in [7, 11) is 0.212. The topological polar surface area (TPSA) is 78.4 Å². The number of aromatic nitrogens is 2. The second-order valence-electron chi connectivity index (χ2n) is 6.42. The highest BCUT2D eigenvalue weighted by Crippen LogP contribution is 2.24. The first-order valence-electron chi connectivity index (χ1n) is 8.38. The van der Waals surface area contributed by atoms with Crippen molar-refractivity contribution >= 4 is 33.1 Å². The Bertz CT molecular complexity index is 852. The van der Waals surface area contributed by atoms with Crippen molar-refractivity contribution in [3.05, 3.63) is 41.8 Å². The van der Waals surface area contributed by atoms with Gasteiger partial charge in [-0.3, -0.25) is 0 Å². The molecule has 2 heterocycles. The number of anilines is 2. The van der Waals surface area contributed by atoms with E-state index in [1.165, 1.54) is 4.31 Å². The Balaban J connectivity index is 1.72. The maximum absolute atomic E-state index is 12.9. The first-order chi connectivity index (χ1) is 12.4. The van der Waals surface area contributed by atoms with E-state index in [2.05, 4.69) is 27.2 Å². The van der Waals surface area contributed by atoms with Crippen molar-refractivity contribution in [1.82, 2.24) is 19.2 Å². The van der Waals surface area contributed by atoms with Gasteiger partial charge >= 0.3 is 0 Å². The lowest BCUT2D eigenvalue weighted by atomic mass is 10.1. The molecule has 9 heteroatoms. The van der Waals surface area contributed by atoms with E-state index in [4.69, 9.17) is 11.6 Å². The van der Waals surface area contributed by atoms with E-state index in [-0.39, 0.29) is 16.2 Å². The Kier molecular flexibility index (Phi) is 5.76. The second kappa shape index (κ2) is 7.87. The van der Waals surface area contributed by atoms with Gasteiger partial charge in [0.1, 0.15) is 5.82 Å². The summed E-state index contributed by atoms with van der Waals surface area (Å²) in [5.74, 6) is 0.545. The number of rotatable bonds is 5. The van der Waals surface area contributed by atoms with Crippen LogP contribution in [-0.4, -0.2) is 60.8 Å². The molecule has 1 aromatic carbocycles. The Morgan fingerprint density at radius 3 is 2.46 bits per heavy atom. The van der Waals surface area contributed by atoms with Gasteiger partial charge in [0, 0.05) is 25.0 Å². The Labute approximate surface area is 159 Å². The molecule has 1 saturated heterocycles. The summed E-state index contributed by atoms with van der Waals surface area (Å²) in [6.45, 7) is 1.82. The third-order valence-corrected chi connectivity index (χ3v) is 6.74. The zero-order valence-electron chi connectivity index (χ0n) is 14.8. The van der Waals surface area contributed by atoms with Gasteiger partial charge in [-0.15, -0.1) is 0 Å². The quantitative estimate of drug-likeness (QED) is 0.784. The lowest BCUT2D eigenvalue weighted by molar-refractivity contribution is 0.197. The largest absolute Gasteiger partial charge is 0.340 e. The number of nitrogens with zero attached hydrogens (tertiary/aromatic N) is 4. The molecular formula is C17H22ClN5O2S. The maximum atomic E-state index is 12.9. The van der Waals surface area contributed by atoms with Crippen LogP contribution < -0.4 is 5.32 Å². The predicted octanol–water partition coefficient (Wildman–Crippen LogP) is 2.59. The van der Waals surface area contributed by atoms with Gasteiger partial charge in [0.2, 0.25) is 15.3 Å². The number of nitrogens with one attached hydrogen (secondary N) is 1. The normalized spacial score (nSPS) is 16.8. The molecule has 0 aliphatic carbocycles. The SMILES string of the molecule is CN1CCC(N(C)S(=O)(=O)c2ccc(Nc3ccnc(Cl)n3)cc2)CC1. The van der Waals surface area contributed by atoms with Crippen molar-refractivity contribution in [3.8, 4) is 0 Å². The molecule has 0 unspecified atom stereocenters. The van der Waals surface area contributed by atoms with Gasteiger partial charge in [0.15, 0.2) is 0 Å². The lowest BCUT2D eigenvalue weighted by Gasteiger charge is -2.34. The molecule has 0 radical (unpaired) electrons. The summed E-state index contributed by atoms with van der Waals surface area (Å²) < 4.78 is 27.3. The average Bonchev–Trinajstić information content (AvgIpc) is 2.62. The van der Waals surface area contributed by atoms with Crippen molar-refractivity contribution < 1.29 is 8.42 Å². The summed E-state index contributed by atoms with van der Waals surface area (Å²) in [6, 6.07) is 8.36. The van der Waals surface area contributed by atoms with E-state index in [0.717, 1.165) is 31.6 Å². The number of likely N-dealkylation sites (tertiary alicyclic amines) is 1. The van der Waals surface area contributed by atoms with Crippen LogP contribution >= 0.6 is 11.6 Å². The fourth-order valence-electron chi connectivity index (χ4n) is 2.98. The molecule has 140 valence electrons. The molecule has 0 bridgehead atoms. The summed E-state index contributed by atoms with van der Waals surface area (Å²) in [4.78, 5) is 10.4. The lowest BCUT2D eigenvalue weighted by Crippen LogP contribution is -2.44. The van der Waals surface area contributed by atoms with Crippen molar-refractivity contribution in [2.75, 3.05) is 32.5 Å². The molecule has 2 aromatic rings. The number of sulfonamides is 1. The highest BCUT2D eigenvalue weighted by Gasteiger charge is 2.30. The predicted molar refractivity (Wildman–Crippen MR) is 102 cm³/mol. The van der Waals surface area contributed by atoms with Gasteiger partial charge in [0.05, 0.1) is 4.90 Å². The first-order valence-corrected chi connectivity index (χ1v) is 10.2. The van der Waals surface area contributed by atoms with E-state index in [1.807, 2.05) is 0 Å². The maximum Gasteiger partial charge on any atom is 0.243 e. The van der Waals surface area contributed by atoms with Crippen molar-refractivity contribution in [2.24, 2.45) is 0 Å². The van der Waals surface area contributed by atoms with E-state index in [0.29, 0.717) is 5.82 Å². The second-order valence-corrected chi connectivity index (χ2v) is 8.75. The third kappa shape index (κ3) is 4.32. The first kappa shape index (κ1) is 19.0. The van der Waals surface area contributed by atoms with Gasteiger partial charge in [-0.25, -0.2) is 18.4 Å². The molecular weight excluding hydrogens is 374 g/mol. The van der Waals surface area contributed by atoms with E-state index < -0.39 is 10.0 Å². The Hall–Kier alpha value is -1.74. The summed E-state index contributed by atoms with van der Waals surface area (Å²) >= 11 is 5.76. The minimum atomic E-state index is -3.51. The third-order valence-electron chi connectivity index (χ3n) is 4.63. The number of benzene rings is 1. The van der Waals surface area contributed by atoms with Crippen LogP contribution in [0.2, 0.25) is 5.28 Å². The molecule has 1 aromatic heterocycles. The van der Waals surface area contributed by atoms with Gasteiger partial charge in [-0.05, 0) is 74.9 Å². The molecule has 3 rings (SSSR count). The van der Waals surface area contributed by atoms with E-state index in [9.17, 15) is 8.42 Å². The number of hydrogen-bond donors (Lipinski definition) is 1. The molecule has 7 nitrogen and oxygen atoms in total. The molecule has 1 aliphatic rings. The van der Waals surface area contributed by atoms with Crippen LogP contribution in [0.5, 0.6) is 0 Å². The van der Waals surface area contributed by atoms with Crippen LogP contribution in [-0.2, 0) is 10.0 Å². The zero-order chi connectivity index (χ0) is 18.7. The molecule has 26 heavy (non-hydrogen) atoms. The summed E-state index contributed by atoms with van der Waals surface area (Å²) in [5.41, 5.74) is 0.723.